The van der Waals surface area contributed by atoms with Gasteiger partial charge in [-0.2, -0.15) is 0 Å². The van der Waals surface area contributed by atoms with E-state index in [1.807, 2.05) is 0 Å². The molecule has 1 nitrogen and oxygen atoms in total. The lowest BCUT2D eigenvalue weighted by Crippen LogP contribution is -2.35. The van der Waals surface area contributed by atoms with Crippen molar-refractivity contribution in [1.29, 1.82) is 0 Å². The van der Waals surface area contributed by atoms with Crippen LogP contribution in [-0.4, -0.2) is 6.54 Å². The second kappa shape index (κ2) is 5.22. The van der Waals surface area contributed by atoms with Gasteiger partial charge in [-0.3, -0.25) is 0 Å². The summed E-state index contributed by atoms with van der Waals surface area (Å²) in [5, 5.41) is 0. The zero-order chi connectivity index (χ0) is 12.3. The summed E-state index contributed by atoms with van der Waals surface area (Å²) in [6.45, 7) is 5.66. The molecule has 1 heteroatoms. The molecule has 1 fully saturated rings. The Morgan fingerprint density at radius 2 is 1.88 bits per heavy atom. The number of benzene rings is 1. The van der Waals surface area contributed by atoms with Crippen LogP contribution in [0.3, 0.4) is 0 Å². The number of hydrogen-bond acceptors (Lipinski definition) is 1. The molecule has 2 unspecified atom stereocenters. The second-order valence-electron chi connectivity index (χ2n) is 6.35. The first-order valence-electron chi connectivity index (χ1n) is 6.85. The van der Waals surface area contributed by atoms with E-state index < -0.39 is 0 Å². The monoisotopic (exact) mass is 231 g/mol. The van der Waals surface area contributed by atoms with Crippen LogP contribution in [0.1, 0.15) is 38.7 Å². The summed E-state index contributed by atoms with van der Waals surface area (Å²) >= 11 is 0. The number of nitrogens with two attached hydrogens (primary N) is 1. The van der Waals surface area contributed by atoms with Crippen LogP contribution in [0.25, 0.3) is 0 Å². The van der Waals surface area contributed by atoms with E-state index in [9.17, 15) is 0 Å². The van der Waals surface area contributed by atoms with Crippen LogP contribution in [0, 0.1) is 17.3 Å². The highest BCUT2D eigenvalue weighted by Crippen LogP contribution is 2.42. The second-order valence-corrected chi connectivity index (χ2v) is 6.35. The van der Waals surface area contributed by atoms with Crippen LogP contribution in [-0.2, 0) is 6.42 Å². The highest BCUT2D eigenvalue weighted by Gasteiger charge is 2.33. The average molecular weight is 231 g/mol. The van der Waals surface area contributed by atoms with Crippen molar-refractivity contribution in [3.05, 3.63) is 35.9 Å². The maximum Gasteiger partial charge on any atom is -0.00461 e. The third kappa shape index (κ3) is 3.32. The Bertz CT molecular complexity index is 342. The van der Waals surface area contributed by atoms with Crippen LogP contribution < -0.4 is 5.73 Å². The molecule has 17 heavy (non-hydrogen) atoms. The predicted octanol–water partition coefficient (Wildman–Crippen LogP) is 3.63. The van der Waals surface area contributed by atoms with Gasteiger partial charge < -0.3 is 5.73 Å². The highest BCUT2D eigenvalue weighted by molar-refractivity contribution is 5.15. The summed E-state index contributed by atoms with van der Waals surface area (Å²) in [6, 6.07) is 10.9. The van der Waals surface area contributed by atoms with E-state index in [-0.39, 0.29) is 0 Å². The Morgan fingerprint density at radius 1 is 1.18 bits per heavy atom. The fourth-order valence-electron chi connectivity index (χ4n) is 3.26. The molecular formula is C16H25N. The summed E-state index contributed by atoms with van der Waals surface area (Å²) in [4.78, 5) is 0. The van der Waals surface area contributed by atoms with Crippen molar-refractivity contribution in [3.8, 4) is 0 Å². The predicted molar refractivity (Wildman–Crippen MR) is 73.8 cm³/mol. The maximum atomic E-state index is 5.94. The van der Waals surface area contributed by atoms with Crippen molar-refractivity contribution in [2.75, 3.05) is 6.54 Å². The third-order valence-electron chi connectivity index (χ3n) is 4.32. The molecule has 0 aromatic heterocycles. The standard InChI is InChI=1S/C16H25N/c1-16(2)9-8-14(12-17)15(11-16)10-13-6-4-3-5-7-13/h3-7,14-15H,8-12,17H2,1-2H3. The summed E-state index contributed by atoms with van der Waals surface area (Å²) in [5.41, 5.74) is 7.91. The zero-order valence-electron chi connectivity index (χ0n) is 11.2. The van der Waals surface area contributed by atoms with Gasteiger partial charge in [0.2, 0.25) is 0 Å². The molecular weight excluding hydrogens is 206 g/mol. The van der Waals surface area contributed by atoms with Gasteiger partial charge >= 0.3 is 0 Å². The van der Waals surface area contributed by atoms with Crippen LogP contribution in [0.4, 0.5) is 0 Å². The van der Waals surface area contributed by atoms with E-state index >= 15 is 0 Å². The minimum absolute atomic E-state index is 0.505. The third-order valence-corrected chi connectivity index (χ3v) is 4.32. The molecule has 94 valence electrons. The van der Waals surface area contributed by atoms with Crippen molar-refractivity contribution in [3.63, 3.8) is 0 Å². The van der Waals surface area contributed by atoms with Crippen molar-refractivity contribution in [1.82, 2.24) is 0 Å². The Kier molecular flexibility index (Phi) is 3.88. The topological polar surface area (TPSA) is 26.0 Å². The Hall–Kier alpha value is -0.820. The minimum atomic E-state index is 0.505. The van der Waals surface area contributed by atoms with Gasteiger partial charge in [0, 0.05) is 0 Å². The van der Waals surface area contributed by atoms with Crippen molar-refractivity contribution in [2.45, 2.75) is 39.5 Å². The van der Waals surface area contributed by atoms with Crippen molar-refractivity contribution >= 4 is 0 Å². The van der Waals surface area contributed by atoms with E-state index in [0.29, 0.717) is 5.41 Å². The molecule has 0 radical (unpaired) electrons. The van der Waals surface area contributed by atoms with Crippen molar-refractivity contribution < 1.29 is 0 Å². The van der Waals surface area contributed by atoms with E-state index in [1.165, 1.54) is 31.2 Å². The van der Waals surface area contributed by atoms with Gasteiger partial charge in [0.15, 0.2) is 0 Å². The number of hydrogen-bond donors (Lipinski definition) is 1. The van der Waals surface area contributed by atoms with E-state index in [1.54, 1.807) is 0 Å². The summed E-state index contributed by atoms with van der Waals surface area (Å²) in [7, 11) is 0. The van der Waals surface area contributed by atoms with Gasteiger partial charge in [0.1, 0.15) is 0 Å². The fourth-order valence-corrected chi connectivity index (χ4v) is 3.26. The molecule has 1 saturated carbocycles. The Morgan fingerprint density at radius 3 is 2.53 bits per heavy atom. The summed E-state index contributed by atoms with van der Waals surface area (Å²) < 4.78 is 0. The molecule has 1 aliphatic carbocycles. The Balaban J connectivity index is 2.06. The van der Waals surface area contributed by atoms with Gasteiger partial charge in [-0.05, 0) is 55.0 Å². The lowest BCUT2D eigenvalue weighted by Gasteiger charge is -2.40. The SMILES string of the molecule is CC1(C)CCC(CN)C(Cc2ccccc2)C1. The van der Waals surface area contributed by atoms with Crippen LogP contribution in [0.2, 0.25) is 0 Å². The van der Waals surface area contributed by atoms with Crippen LogP contribution in [0.15, 0.2) is 30.3 Å². The molecule has 2 rings (SSSR count). The van der Waals surface area contributed by atoms with Gasteiger partial charge in [0.25, 0.3) is 0 Å². The minimum Gasteiger partial charge on any atom is -0.330 e. The van der Waals surface area contributed by atoms with Crippen molar-refractivity contribution in [2.24, 2.45) is 23.0 Å². The van der Waals surface area contributed by atoms with E-state index in [0.717, 1.165) is 18.4 Å². The zero-order valence-corrected chi connectivity index (χ0v) is 11.2. The summed E-state index contributed by atoms with van der Waals surface area (Å²) in [5.74, 6) is 1.49. The molecule has 0 heterocycles. The smallest absolute Gasteiger partial charge is 0.00461 e. The van der Waals surface area contributed by atoms with Gasteiger partial charge in [-0.25, -0.2) is 0 Å². The van der Waals surface area contributed by atoms with Gasteiger partial charge in [-0.1, -0.05) is 44.2 Å². The van der Waals surface area contributed by atoms with E-state index in [2.05, 4.69) is 44.2 Å². The first kappa shape index (κ1) is 12.6. The average Bonchev–Trinajstić information content (AvgIpc) is 2.30. The van der Waals surface area contributed by atoms with Crippen LogP contribution >= 0.6 is 0 Å². The molecule has 1 aliphatic rings. The maximum absolute atomic E-state index is 5.94. The molecule has 2 atom stereocenters. The molecule has 0 bridgehead atoms. The molecule has 1 aromatic carbocycles. The van der Waals surface area contributed by atoms with Gasteiger partial charge in [0.05, 0.1) is 0 Å². The van der Waals surface area contributed by atoms with E-state index in [4.69, 9.17) is 5.73 Å². The molecule has 2 N–H and O–H groups in total. The molecule has 0 saturated heterocycles. The molecule has 0 spiro atoms. The Labute approximate surface area is 105 Å². The molecule has 0 aliphatic heterocycles. The lowest BCUT2D eigenvalue weighted by atomic mass is 9.65. The quantitative estimate of drug-likeness (QED) is 0.844. The van der Waals surface area contributed by atoms with Gasteiger partial charge in [-0.15, -0.1) is 0 Å². The lowest BCUT2D eigenvalue weighted by molar-refractivity contribution is 0.121. The fraction of sp³-hybridized carbons (Fsp3) is 0.625. The first-order valence-corrected chi connectivity index (χ1v) is 6.85. The summed E-state index contributed by atoms with van der Waals surface area (Å²) in [6.07, 6.45) is 5.16. The number of rotatable bonds is 3. The first-order chi connectivity index (χ1) is 8.11. The molecule has 0 amide bonds. The highest BCUT2D eigenvalue weighted by atomic mass is 14.6. The normalized spacial score (nSPS) is 27.9. The largest absolute Gasteiger partial charge is 0.330 e. The molecule has 1 aromatic rings. The van der Waals surface area contributed by atoms with Crippen LogP contribution in [0.5, 0.6) is 0 Å².